The van der Waals surface area contributed by atoms with Crippen molar-refractivity contribution in [2.24, 2.45) is 5.92 Å². The van der Waals surface area contributed by atoms with Gasteiger partial charge in [-0.25, -0.2) is 4.98 Å². The van der Waals surface area contributed by atoms with Gasteiger partial charge in [0.2, 0.25) is 11.2 Å². The molecule has 19 heavy (non-hydrogen) atoms. The summed E-state index contributed by atoms with van der Waals surface area (Å²) in [5, 5.41) is 7.29. The fraction of sp³-hybridized carbons (Fsp3) is 0.545. The molecule has 0 spiro atoms. The summed E-state index contributed by atoms with van der Waals surface area (Å²) in [6, 6.07) is 0. The third-order valence-electron chi connectivity index (χ3n) is 3.28. The topological polar surface area (TPSA) is 81.4 Å². The van der Waals surface area contributed by atoms with Crippen molar-refractivity contribution in [1.82, 2.24) is 29.7 Å². The molecule has 1 N–H and O–H groups in total. The van der Waals surface area contributed by atoms with E-state index in [-0.39, 0.29) is 5.28 Å². The molecule has 2 aromatic rings. The maximum absolute atomic E-state index is 5.88. The van der Waals surface area contributed by atoms with Crippen LogP contribution in [0.4, 0.5) is 5.95 Å². The lowest BCUT2D eigenvalue weighted by Crippen LogP contribution is -2.17. The first-order valence-electron chi connectivity index (χ1n) is 6.32. The van der Waals surface area contributed by atoms with Crippen LogP contribution in [0.2, 0.25) is 5.28 Å². The maximum Gasteiger partial charge on any atom is 0.258 e. The van der Waals surface area contributed by atoms with E-state index in [1.165, 1.54) is 36.6 Å². The monoisotopic (exact) mass is 279 g/mol. The summed E-state index contributed by atoms with van der Waals surface area (Å²) in [5.41, 5.74) is 0. The quantitative estimate of drug-likeness (QED) is 0.897. The highest BCUT2D eigenvalue weighted by Crippen LogP contribution is 2.29. The maximum atomic E-state index is 5.88. The fourth-order valence-electron chi connectivity index (χ4n) is 2.00. The Bertz CT molecular complexity index is 538. The summed E-state index contributed by atoms with van der Waals surface area (Å²) >= 11 is 5.88. The minimum absolute atomic E-state index is 0.145. The van der Waals surface area contributed by atoms with E-state index in [1.807, 2.05) is 0 Å². The van der Waals surface area contributed by atoms with Crippen molar-refractivity contribution in [3.05, 3.63) is 17.9 Å². The van der Waals surface area contributed by atoms with E-state index in [1.54, 1.807) is 0 Å². The molecule has 1 aliphatic carbocycles. The van der Waals surface area contributed by atoms with Gasteiger partial charge in [0.15, 0.2) is 0 Å². The first-order chi connectivity index (χ1) is 9.31. The molecule has 7 nitrogen and oxygen atoms in total. The van der Waals surface area contributed by atoms with Gasteiger partial charge >= 0.3 is 0 Å². The van der Waals surface area contributed by atoms with E-state index < -0.39 is 0 Å². The molecule has 0 unspecified atom stereocenters. The van der Waals surface area contributed by atoms with Gasteiger partial charge < -0.3 is 5.32 Å². The molecule has 0 aromatic carbocycles. The molecule has 0 bridgehead atoms. The fourth-order valence-corrected chi connectivity index (χ4v) is 2.16. The first kappa shape index (κ1) is 12.3. The van der Waals surface area contributed by atoms with Gasteiger partial charge in [0.05, 0.1) is 0 Å². The third kappa shape index (κ3) is 2.98. The van der Waals surface area contributed by atoms with Crippen LogP contribution in [0.5, 0.6) is 0 Å². The lowest BCUT2D eigenvalue weighted by molar-refractivity contribution is 0.303. The highest BCUT2D eigenvalue weighted by Gasteiger charge is 2.16. The van der Waals surface area contributed by atoms with Crippen molar-refractivity contribution in [1.29, 1.82) is 0 Å². The molecule has 0 amide bonds. The lowest BCUT2D eigenvalue weighted by atomic mass is 9.83. The second-order valence-electron chi connectivity index (χ2n) is 4.58. The van der Waals surface area contributed by atoms with Crippen molar-refractivity contribution < 1.29 is 0 Å². The highest BCUT2D eigenvalue weighted by molar-refractivity contribution is 6.28. The zero-order valence-corrected chi connectivity index (χ0v) is 11.1. The number of aromatic nitrogens is 6. The predicted molar refractivity (Wildman–Crippen MR) is 70.2 cm³/mol. The predicted octanol–water partition coefficient (Wildman–Crippen LogP) is 1.71. The first-order valence-corrected chi connectivity index (χ1v) is 6.69. The van der Waals surface area contributed by atoms with Gasteiger partial charge in [-0.1, -0.05) is 19.3 Å². The molecule has 2 heterocycles. The van der Waals surface area contributed by atoms with Crippen LogP contribution in [0.1, 0.15) is 25.7 Å². The average Bonchev–Trinajstić information content (AvgIpc) is 2.85. The minimum atomic E-state index is 0.145. The van der Waals surface area contributed by atoms with E-state index >= 15 is 0 Å². The van der Waals surface area contributed by atoms with Crippen LogP contribution in [0, 0.1) is 5.92 Å². The van der Waals surface area contributed by atoms with Crippen molar-refractivity contribution in [2.75, 3.05) is 11.9 Å². The summed E-state index contributed by atoms with van der Waals surface area (Å²) in [6.45, 7) is 0.849. The molecule has 1 fully saturated rings. The molecule has 100 valence electrons. The van der Waals surface area contributed by atoms with E-state index in [4.69, 9.17) is 11.6 Å². The zero-order valence-electron chi connectivity index (χ0n) is 10.3. The van der Waals surface area contributed by atoms with Gasteiger partial charge in [-0.05, 0) is 23.9 Å². The van der Waals surface area contributed by atoms with E-state index in [0.29, 0.717) is 11.9 Å². The third-order valence-corrected chi connectivity index (χ3v) is 3.45. The summed E-state index contributed by atoms with van der Waals surface area (Å²) in [4.78, 5) is 16.2. The van der Waals surface area contributed by atoms with Gasteiger partial charge in [-0.15, -0.1) is 0 Å². The number of hydrogen-bond acceptors (Lipinski definition) is 6. The van der Waals surface area contributed by atoms with Crippen LogP contribution < -0.4 is 5.32 Å². The summed E-state index contributed by atoms with van der Waals surface area (Å²) < 4.78 is 1.45. The van der Waals surface area contributed by atoms with Gasteiger partial charge in [0.1, 0.15) is 12.7 Å². The Morgan fingerprint density at radius 2 is 2.21 bits per heavy atom. The van der Waals surface area contributed by atoms with Gasteiger partial charge in [-0.2, -0.15) is 24.7 Å². The van der Waals surface area contributed by atoms with E-state index in [0.717, 1.165) is 18.9 Å². The highest BCUT2D eigenvalue weighted by atomic mass is 35.5. The largest absolute Gasteiger partial charge is 0.354 e. The van der Waals surface area contributed by atoms with Gasteiger partial charge in [-0.3, -0.25) is 0 Å². The Hall–Kier alpha value is -1.76. The number of nitrogens with zero attached hydrogens (tertiary/aromatic N) is 6. The van der Waals surface area contributed by atoms with E-state index in [2.05, 4.69) is 30.4 Å². The lowest BCUT2D eigenvalue weighted by Gasteiger charge is -2.25. The number of rotatable bonds is 5. The normalized spacial score (nSPS) is 15.2. The Labute approximate surface area is 115 Å². The molecule has 2 aromatic heterocycles. The molecule has 3 rings (SSSR count). The van der Waals surface area contributed by atoms with Crippen molar-refractivity contribution in [3.8, 4) is 5.95 Å². The van der Waals surface area contributed by atoms with Crippen LogP contribution in [0.15, 0.2) is 12.7 Å². The Balaban J connectivity index is 1.67. The minimum Gasteiger partial charge on any atom is -0.354 e. The zero-order chi connectivity index (χ0) is 13.1. The van der Waals surface area contributed by atoms with E-state index in [9.17, 15) is 0 Å². The van der Waals surface area contributed by atoms with Crippen LogP contribution in [0.3, 0.4) is 0 Å². The molecular weight excluding hydrogens is 266 g/mol. The smallest absolute Gasteiger partial charge is 0.258 e. The Kier molecular flexibility index (Phi) is 3.54. The Morgan fingerprint density at radius 3 is 2.89 bits per heavy atom. The average molecular weight is 280 g/mol. The van der Waals surface area contributed by atoms with Crippen LogP contribution >= 0.6 is 11.6 Å². The molecular formula is C11H14ClN7. The van der Waals surface area contributed by atoms with Gasteiger partial charge in [0.25, 0.3) is 5.95 Å². The van der Waals surface area contributed by atoms with Crippen molar-refractivity contribution in [3.63, 3.8) is 0 Å². The van der Waals surface area contributed by atoms with Crippen LogP contribution in [-0.2, 0) is 0 Å². The molecule has 1 aliphatic rings. The molecule has 0 radical (unpaired) electrons. The summed E-state index contributed by atoms with van der Waals surface area (Å²) in [7, 11) is 0. The number of halogens is 1. The molecule has 0 saturated heterocycles. The second kappa shape index (κ2) is 5.48. The Morgan fingerprint density at radius 1 is 1.32 bits per heavy atom. The van der Waals surface area contributed by atoms with Crippen LogP contribution in [0.25, 0.3) is 5.95 Å². The second-order valence-corrected chi connectivity index (χ2v) is 4.92. The summed E-state index contributed by atoms with van der Waals surface area (Å²) in [5.74, 6) is 1.69. The van der Waals surface area contributed by atoms with Crippen molar-refractivity contribution >= 4 is 17.5 Å². The number of nitrogens with one attached hydrogen (secondary N) is 1. The van der Waals surface area contributed by atoms with Crippen molar-refractivity contribution in [2.45, 2.75) is 25.7 Å². The molecule has 0 aliphatic heterocycles. The molecule has 8 heteroatoms. The van der Waals surface area contributed by atoms with Gasteiger partial charge in [0, 0.05) is 6.54 Å². The number of anilines is 1. The molecule has 0 atom stereocenters. The number of hydrogen-bond donors (Lipinski definition) is 1. The van der Waals surface area contributed by atoms with Crippen LogP contribution in [-0.4, -0.2) is 36.3 Å². The summed E-state index contributed by atoms with van der Waals surface area (Å²) in [6.07, 6.45) is 8.11. The standard InChI is InChI=1S/C11H14ClN7/c12-9-16-10(14-5-4-8-2-1-3-8)18-11(17-9)19-7-13-6-15-19/h6-8H,1-5H2,(H,14,16,17,18). The SMILES string of the molecule is Clc1nc(NCCC2CCC2)nc(-n2cncn2)n1. The molecule has 1 saturated carbocycles.